The Morgan fingerprint density at radius 1 is 1.10 bits per heavy atom. The van der Waals surface area contributed by atoms with Gasteiger partial charge in [-0.25, -0.2) is 14.8 Å². The molecular weight excluding hydrogens is 644 g/mol. The number of para-hydroxylation sites is 1. The van der Waals surface area contributed by atoms with Gasteiger partial charge in [-0.15, -0.1) is 6.58 Å². The van der Waals surface area contributed by atoms with Gasteiger partial charge in [-0.3, -0.25) is 19.3 Å². The molecule has 2 saturated heterocycles. The van der Waals surface area contributed by atoms with Gasteiger partial charge < -0.3 is 24.5 Å². The molecule has 48 heavy (non-hydrogen) atoms. The standard InChI is InChI=1S/C33H36N7O6P.Na/c1-3-16-38-22-30(41)39-28(17-23-12-14-27(15-13-23)46-47(2,44)45)32(42)37(20-26-11-7-10-25-19-35-36-31(25)26)21-29(39)40(38)33(43)34-18-24-8-5-4-6-9-24;/h3-15,19,28-29H,1,16-18,20-22H2,2H3,(H,34,43)(H,35,36)(H,44,45);/q;+1/p-1/t28-,29-;/m0./s1. The van der Waals surface area contributed by atoms with Gasteiger partial charge >= 0.3 is 35.6 Å². The van der Waals surface area contributed by atoms with Crippen molar-refractivity contribution in [2.24, 2.45) is 0 Å². The number of fused-ring (bicyclic) bond motifs is 2. The van der Waals surface area contributed by atoms with Gasteiger partial charge in [-0.05, 0) is 28.8 Å². The van der Waals surface area contributed by atoms with Crippen LogP contribution in [0.25, 0.3) is 10.9 Å². The summed E-state index contributed by atoms with van der Waals surface area (Å²) >= 11 is 0. The van der Waals surface area contributed by atoms with Crippen molar-refractivity contribution >= 4 is 36.3 Å². The molecule has 0 spiro atoms. The minimum atomic E-state index is -4.01. The molecule has 1 unspecified atom stereocenters. The number of aromatic amines is 1. The minimum absolute atomic E-state index is 0. The number of piperazine rings is 1. The second-order valence-electron chi connectivity index (χ2n) is 11.6. The third-order valence-electron chi connectivity index (χ3n) is 8.21. The number of hydrogen-bond donors (Lipinski definition) is 2. The topological polar surface area (TPSA) is 154 Å². The third kappa shape index (κ3) is 7.84. The van der Waals surface area contributed by atoms with E-state index in [0.29, 0.717) is 5.56 Å². The van der Waals surface area contributed by atoms with E-state index < -0.39 is 25.8 Å². The molecule has 2 aliphatic heterocycles. The Labute approximate surface area is 300 Å². The van der Waals surface area contributed by atoms with Gasteiger partial charge in [-0.2, -0.15) is 5.10 Å². The summed E-state index contributed by atoms with van der Waals surface area (Å²) in [4.78, 5) is 56.9. The maximum atomic E-state index is 14.3. The number of carbonyl (C=O) groups is 3. The summed E-state index contributed by atoms with van der Waals surface area (Å²) in [6.45, 7) is 5.49. The number of nitrogens with one attached hydrogen (secondary N) is 2. The van der Waals surface area contributed by atoms with Crippen LogP contribution in [0.4, 0.5) is 4.79 Å². The molecule has 0 saturated carbocycles. The number of H-pyrrole nitrogens is 1. The molecular formula is C33H35N7NaO6P. The Morgan fingerprint density at radius 2 is 1.85 bits per heavy atom. The predicted octanol–water partition coefficient (Wildman–Crippen LogP) is -0.134. The minimum Gasteiger partial charge on any atom is -0.769 e. The number of hydrogen-bond acceptors (Lipinski definition) is 8. The maximum absolute atomic E-state index is 14.3. The molecule has 6 rings (SSSR count). The quantitative estimate of drug-likeness (QED) is 0.134. The Hall–Kier alpha value is -3.97. The van der Waals surface area contributed by atoms with Gasteiger partial charge in [0.25, 0.3) is 0 Å². The summed E-state index contributed by atoms with van der Waals surface area (Å²) in [6.07, 6.45) is 2.66. The molecule has 2 fully saturated rings. The number of benzene rings is 3. The van der Waals surface area contributed by atoms with Crippen molar-refractivity contribution in [2.45, 2.75) is 31.7 Å². The smallest absolute Gasteiger partial charge is 0.769 e. The molecule has 15 heteroatoms. The van der Waals surface area contributed by atoms with E-state index in [4.69, 9.17) is 4.52 Å². The monoisotopic (exact) mass is 679 g/mol. The first-order valence-electron chi connectivity index (χ1n) is 15.2. The van der Waals surface area contributed by atoms with E-state index in [1.165, 1.54) is 22.0 Å². The van der Waals surface area contributed by atoms with Crippen LogP contribution in [0.15, 0.2) is 91.6 Å². The van der Waals surface area contributed by atoms with Gasteiger partial charge in [-0.1, -0.05) is 66.7 Å². The van der Waals surface area contributed by atoms with Crippen LogP contribution in [0.5, 0.6) is 5.75 Å². The number of amides is 4. The molecule has 0 aliphatic carbocycles. The van der Waals surface area contributed by atoms with Crippen LogP contribution in [0.1, 0.15) is 16.7 Å². The van der Waals surface area contributed by atoms with Crippen LogP contribution in [0.2, 0.25) is 0 Å². The van der Waals surface area contributed by atoms with Gasteiger partial charge in [0.2, 0.25) is 11.8 Å². The SMILES string of the molecule is C=CCN1CC(=O)N2[C@@H](Cc3ccc(OP(C)(=O)[O-])cc3)C(=O)N(Cc3cccc4cn[nH]c34)C[C@@H]2N1C(=O)NCc1ccccc1.[Na+]. The van der Waals surface area contributed by atoms with Crippen molar-refractivity contribution in [3.05, 3.63) is 108 Å². The number of nitrogens with zero attached hydrogens (tertiary/aromatic N) is 5. The van der Waals surface area contributed by atoms with E-state index in [1.54, 1.807) is 34.3 Å². The van der Waals surface area contributed by atoms with Gasteiger partial charge in [0, 0.05) is 38.1 Å². The molecule has 3 aromatic carbocycles. The molecule has 2 N–H and O–H groups in total. The summed E-state index contributed by atoms with van der Waals surface area (Å²) in [5.74, 6) is -0.422. The fourth-order valence-electron chi connectivity index (χ4n) is 6.17. The number of hydrazine groups is 1. The molecule has 13 nitrogen and oxygen atoms in total. The predicted molar refractivity (Wildman–Crippen MR) is 173 cm³/mol. The zero-order chi connectivity index (χ0) is 33.1. The largest absolute Gasteiger partial charge is 1.00 e. The molecule has 0 radical (unpaired) electrons. The summed E-state index contributed by atoms with van der Waals surface area (Å²) in [5, 5.41) is 14.2. The normalized spacial score (nSPS) is 19.3. The Kier molecular flexibility index (Phi) is 11.1. The van der Waals surface area contributed by atoms with E-state index in [9.17, 15) is 23.8 Å². The van der Waals surface area contributed by atoms with Crippen LogP contribution in [0.3, 0.4) is 0 Å². The van der Waals surface area contributed by atoms with Gasteiger partial charge in [0.15, 0.2) is 7.60 Å². The second kappa shape index (κ2) is 15.1. The molecule has 3 heterocycles. The van der Waals surface area contributed by atoms with Crippen molar-refractivity contribution in [1.82, 2.24) is 35.3 Å². The fourth-order valence-corrected chi connectivity index (χ4v) is 6.67. The van der Waals surface area contributed by atoms with Crippen molar-refractivity contribution in [2.75, 3.05) is 26.3 Å². The molecule has 1 aromatic heterocycles. The number of urea groups is 1. The third-order valence-corrected chi connectivity index (χ3v) is 8.75. The van der Waals surface area contributed by atoms with Crippen molar-refractivity contribution in [1.29, 1.82) is 0 Å². The van der Waals surface area contributed by atoms with E-state index in [0.717, 1.165) is 28.7 Å². The van der Waals surface area contributed by atoms with Crippen LogP contribution in [0, 0.1) is 0 Å². The average molecular weight is 680 g/mol. The Balaban J connectivity index is 0.00000451. The molecule has 244 valence electrons. The molecule has 4 amide bonds. The van der Waals surface area contributed by atoms with E-state index in [1.807, 2.05) is 48.5 Å². The van der Waals surface area contributed by atoms with Crippen LogP contribution >= 0.6 is 7.60 Å². The van der Waals surface area contributed by atoms with Crippen LogP contribution < -0.4 is 44.3 Å². The first-order chi connectivity index (χ1) is 22.6. The molecule has 4 aromatic rings. The van der Waals surface area contributed by atoms with Gasteiger partial charge in [0.05, 0.1) is 24.8 Å². The van der Waals surface area contributed by atoms with Crippen molar-refractivity contribution in [3.63, 3.8) is 0 Å². The summed E-state index contributed by atoms with van der Waals surface area (Å²) in [5.41, 5.74) is 3.24. The molecule has 0 bridgehead atoms. The van der Waals surface area contributed by atoms with E-state index >= 15 is 0 Å². The van der Waals surface area contributed by atoms with Crippen molar-refractivity contribution in [3.8, 4) is 5.75 Å². The summed E-state index contributed by atoms with van der Waals surface area (Å²) in [7, 11) is -4.01. The van der Waals surface area contributed by atoms with Gasteiger partial charge in [0.1, 0.15) is 18.0 Å². The number of carbonyl (C=O) groups excluding carboxylic acids is 3. The molecule has 3 atom stereocenters. The van der Waals surface area contributed by atoms with Crippen LogP contribution in [-0.4, -0.2) is 86.4 Å². The maximum Gasteiger partial charge on any atom is 1.00 e. The summed E-state index contributed by atoms with van der Waals surface area (Å²) in [6, 6.07) is 20.2. The van der Waals surface area contributed by atoms with Crippen molar-refractivity contribution < 1.29 is 57.9 Å². The van der Waals surface area contributed by atoms with Crippen LogP contribution in [-0.2, 0) is 33.7 Å². The van der Waals surface area contributed by atoms with E-state index in [2.05, 4.69) is 22.1 Å². The average Bonchev–Trinajstić information content (AvgIpc) is 3.53. The zero-order valence-corrected chi connectivity index (χ0v) is 29.7. The fraction of sp³-hybridized carbons (Fsp3) is 0.273. The van der Waals surface area contributed by atoms with E-state index in [-0.39, 0.29) is 86.3 Å². The Morgan fingerprint density at radius 3 is 2.56 bits per heavy atom. The molecule has 2 aliphatic rings. The first kappa shape index (κ1) is 35.3. The second-order valence-corrected chi connectivity index (χ2v) is 13.3. The number of rotatable bonds is 10. The Bertz CT molecular complexity index is 1830. The first-order valence-corrected chi connectivity index (χ1v) is 17.1. The summed E-state index contributed by atoms with van der Waals surface area (Å²) < 4.78 is 16.6. The zero-order valence-electron chi connectivity index (χ0n) is 26.8. The number of aromatic nitrogens is 2.